The highest BCUT2D eigenvalue weighted by atomic mass is 31.2. The van der Waals surface area contributed by atoms with Gasteiger partial charge in [-0.05, 0) is 77.0 Å². The van der Waals surface area contributed by atoms with E-state index < -0.39 is 51.8 Å². The van der Waals surface area contributed by atoms with Gasteiger partial charge in [0, 0.05) is 12.8 Å². The zero-order valence-electron chi connectivity index (χ0n) is 36.7. The molecule has 0 aromatic rings. The summed E-state index contributed by atoms with van der Waals surface area (Å²) in [4.78, 5) is 35.0. The van der Waals surface area contributed by atoms with Gasteiger partial charge < -0.3 is 24.6 Å². The van der Waals surface area contributed by atoms with Gasteiger partial charge in [0.1, 0.15) is 12.7 Å². The number of phosphoric ester groups is 1. The first kappa shape index (κ1) is 56.1. The van der Waals surface area contributed by atoms with E-state index in [1.54, 1.807) is 0 Å². The van der Waals surface area contributed by atoms with Crippen LogP contribution in [0.1, 0.15) is 168 Å². The van der Waals surface area contributed by atoms with Crippen LogP contribution in [0.4, 0.5) is 0 Å². The lowest BCUT2D eigenvalue weighted by Crippen LogP contribution is -2.29. The maximum Gasteiger partial charge on any atom is 0.472 e. The molecule has 0 bridgehead atoms. The van der Waals surface area contributed by atoms with Gasteiger partial charge in [-0.1, -0.05) is 163 Å². The van der Waals surface area contributed by atoms with Gasteiger partial charge in [-0.3, -0.25) is 18.6 Å². The number of hydrogen-bond donors (Lipinski definition) is 3. The molecule has 0 fully saturated rings. The van der Waals surface area contributed by atoms with Crippen LogP contribution in [0.2, 0.25) is 0 Å². The Labute approximate surface area is 358 Å². The van der Waals surface area contributed by atoms with E-state index in [0.29, 0.717) is 12.8 Å². The number of esters is 2. The first-order valence-electron chi connectivity index (χ1n) is 22.5. The van der Waals surface area contributed by atoms with Crippen LogP contribution < -0.4 is 0 Å². The van der Waals surface area contributed by atoms with Gasteiger partial charge in [-0.2, -0.15) is 0 Å². The maximum absolute atomic E-state index is 12.6. The summed E-state index contributed by atoms with van der Waals surface area (Å²) < 4.78 is 32.7. The highest BCUT2D eigenvalue weighted by molar-refractivity contribution is 7.47. The monoisotopic (exact) mass is 849 g/mol. The molecule has 0 aliphatic carbocycles. The van der Waals surface area contributed by atoms with E-state index in [2.05, 4.69) is 91.3 Å². The Bertz CT molecular complexity index is 1250. The van der Waals surface area contributed by atoms with Crippen molar-refractivity contribution >= 4 is 19.8 Å². The van der Waals surface area contributed by atoms with Gasteiger partial charge in [-0.25, -0.2) is 4.57 Å². The molecule has 0 amide bonds. The van der Waals surface area contributed by atoms with E-state index in [1.807, 2.05) is 12.2 Å². The molecule has 0 aromatic heterocycles. The summed E-state index contributed by atoms with van der Waals surface area (Å²) in [6, 6.07) is 0. The van der Waals surface area contributed by atoms with Gasteiger partial charge in [0.05, 0.1) is 19.8 Å². The van der Waals surface area contributed by atoms with Crippen LogP contribution in [0.5, 0.6) is 0 Å². The predicted octanol–water partition coefficient (Wildman–Crippen LogP) is 12.2. The van der Waals surface area contributed by atoms with Crippen LogP contribution in [-0.2, 0) is 32.7 Å². The van der Waals surface area contributed by atoms with Crippen LogP contribution in [0.25, 0.3) is 0 Å². The van der Waals surface area contributed by atoms with Gasteiger partial charge in [0.25, 0.3) is 0 Å². The molecule has 0 spiro atoms. The molecular formula is C48H81O10P. The van der Waals surface area contributed by atoms with E-state index in [9.17, 15) is 24.2 Å². The summed E-state index contributed by atoms with van der Waals surface area (Å²) in [7, 11) is -4.64. The van der Waals surface area contributed by atoms with E-state index in [4.69, 9.17) is 19.1 Å². The Balaban J connectivity index is 4.41. The van der Waals surface area contributed by atoms with Crippen molar-refractivity contribution in [2.24, 2.45) is 0 Å². The number of allylic oxidation sites excluding steroid dienone is 14. The summed E-state index contributed by atoms with van der Waals surface area (Å²) in [5.74, 6) is -1.03. The molecule has 3 N–H and O–H groups in total. The van der Waals surface area contributed by atoms with Crippen molar-refractivity contribution in [1.29, 1.82) is 0 Å². The van der Waals surface area contributed by atoms with Gasteiger partial charge in [0.2, 0.25) is 0 Å². The second kappa shape index (κ2) is 43.2. The third-order valence-corrected chi connectivity index (χ3v) is 10.00. The van der Waals surface area contributed by atoms with Crippen LogP contribution in [0.15, 0.2) is 85.1 Å². The number of carbonyl (C=O) groups excluding carboxylic acids is 2. The minimum atomic E-state index is -4.64. The second-order valence-corrected chi connectivity index (χ2v) is 16.1. The fourth-order valence-electron chi connectivity index (χ4n) is 5.60. The van der Waals surface area contributed by atoms with Crippen LogP contribution in [0, 0.1) is 0 Å². The van der Waals surface area contributed by atoms with Crippen molar-refractivity contribution in [3.05, 3.63) is 85.1 Å². The van der Waals surface area contributed by atoms with E-state index in [0.717, 1.165) is 64.2 Å². The molecule has 0 saturated heterocycles. The Hall–Kier alpha value is -2.85. The van der Waals surface area contributed by atoms with Crippen molar-refractivity contribution in [2.45, 2.75) is 180 Å². The molecule has 1 unspecified atom stereocenters. The molecule has 0 aromatic carbocycles. The number of unbranched alkanes of at least 4 members (excludes halogenated alkanes) is 13. The lowest BCUT2D eigenvalue weighted by molar-refractivity contribution is -0.161. The Kier molecular flexibility index (Phi) is 41.2. The maximum atomic E-state index is 12.6. The normalized spacial score (nSPS) is 14.6. The number of carbonyl (C=O) groups is 2. The minimum Gasteiger partial charge on any atom is -0.462 e. The molecular weight excluding hydrogens is 767 g/mol. The summed E-state index contributed by atoms with van der Waals surface area (Å²) in [6.07, 6.45) is 51.3. The van der Waals surface area contributed by atoms with Crippen molar-refractivity contribution in [2.75, 3.05) is 26.4 Å². The number of phosphoric acid groups is 1. The largest absolute Gasteiger partial charge is 0.472 e. The molecule has 3 atom stereocenters. The van der Waals surface area contributed by atoms with E-state index >= 15 is 0 Å². The number of rotatable bonds is 41. The molecule has 0 rings (SSSR count). The van der Waals surface area contributed by atoms with Crippen LogP contribution >= 0.6 is 7.82 Å². The van der Waals surface area contributed by atoms with Crippen molar-refractivity contribution < 1.29 is 47.8 Å². The Morgan fingerprint density at radius 3 is 1.47 bits per heavy atom. The second-order valence-electron chi connectivity index (χ2n) is 14.7. The average Bonchev–Trinajstić information content (AvgIpc) is 3.22. The molecule has 11 heteroatoms. The average molecular weight is 849 g/mol. The molecule has 0 aliphatic rings. The van der Waals surface area contributed by atoms with Gasteiger partial charge in [0.15, 0.2) is 6.10 Å². The van der Waals surface area contributed by atoms with Crippen molar-refractivity contribution in [3.63, 3.8) is 0 Å². The molecule has 0 radical (unpaired) electrons. The zero-order chi connectivity index (χ0) is 43.3. The third kappa shape index (κ3) is 43.1. The Morgan fingerprint density at radius 1 is 0.525 bits per heavy atom. The molecule has 338 valence electrons. The van der Waals surface area contributed by atoms with Crippen molar-refractivity contribution in [1.82, 2.24) is 0 Å². The Morgan fingerprint density at radius 2 is 0.966 bits per heavy atom. The molecule has 0 saturated carbocycles. The van der Waals surface area contributed by atoms with E-state index in [-0.39, 0.29) is 19.4 Å². The number of aliphatic hydroxyl groups is 2. The topological polar surface area (TPSA) is 149 Å². The lowest BCUT2D eigenvalue weighted by atomic mass is 10.1. The molecule has 10 nitrogen and oxygen atoms in total. The fourth-order valence-corrected chi connectivity index (χ4v) is 6.39. The molecule has 59 heavy (non-hydrogen) atoms. The standard InChI is InChI=1S/C48H81O10P/c1-3-5-7-9-11-13-15-17-19-21-22-24-25-27-29-31-33-35-37-39-47(51)55-43-46(44-57-59(53,54)56-42-45(50)41-49)58-48(52)40-38-36-34-32-30-28-26-23-20-18-16-14-12-10-8-6-4-2/h5,7,11,13,17-20,22,24,27,29,33,35,45-46,49-50H,3-4,6,8-10,12,14-16,21,23,25-26,28,30-32,34,36-44H2,1-2H3,(H,53,54)/b7-5+,13-11+,19-17+,20-18+,24-22+,29-27+,35-33+/t45-,46+/m0/s1. The fraction of sp³-hybridized carbons (Fsp3) is 0.667. The number of hydrogen-bond acceptors (Lipinski definition) is 9. The summed E-state index contributed by atoms with van der Waals surface area (Å²) >= 11 is 0. The predicted molar refractivity (Wildman–Crippen MR) is 242 cm³/mol. The van der Waals surface area contributed by atoms with Gasteiger partial charge in [-0.15, -0.1) is 0 Å². The highest BCUT2D eigenvalue weighted by Crippen LogP contribution is 2.43. The molecule has 0 heterocycles. The van der Waals surface area contributed by atoms with Crippen LogP contribution in [0.3, 0.4) is 0 Å². The highest BCUT2D eigenvalue weighted by Gasteiger charge is 2.27. The SMILES string of the molecule is CC/C=C/C/C=C/C/C=C/C/C=C/C/C=C/C/C=C/CCC(=O)OC[C@H](COP(=O)(O)OC[C@@H](O)CO)OC(=O)CCCCCCCCC/C=C/CCCCCCCC. The van der Waals surface area contributed by atoms with Crippen molar-refractivity contribution in [3.8, 4) is 0 Å². The first-order chi connectivity index (χ1) is 28.7. The number of ether oxygens (including phenoxy) is 2. The smallest absolute Gasteiger partial charge is 0.462 e. The first-order valence-corrected chi connectivity index (χ1v) is 24.0. The lowest BCUT2D eigenvalue weighted by Gasteiger charge is -2.20. The zero-order valence-corrected chi connectivity index (χ0v) is 37.6. The summed E-state index contributed by atoms with van der Waals surface area (Å²) in [6.45, 7) is 2.16. The molecule has 0 aliphatic heterocycles. The number of aliphatic hydroxyl groups excluding tert-OH is 2. The summed E-state index contributed by atoms with van der Waals surface area (Å²) in [5, 5.41) is 18.3. The summed E-state index contributed by atoms with van der Waals surface area (Å²) in [5.41, 5.74) is 0. The van der Waals surface area contributed by atoms with Gasteiger partial charge >= 0.3 is 19.8 Å². The van der Waals surface area contributed by atoms with E-state index in [1.165, 1.54) is 64.2 Å². The van der Waals surface area contributed by atoms with Crippen LogP contribution in [-0.4, -0.2) is 65.7 Å². The minimum absolute atomic E-state index is 0.111. The third-order valence-electron chi connectivity index (χ3n) is 9.05. The quantitative estimate of drug-likeness (QED) is 0.0235.